The summed E-state index contributed by atoms with van der Waals surface area (Å²) in [6, 6.07) is 8.59. The molecule has 1 atom stereocenters. The number of nitrogens with zero attached hydrogens (tertiary/aromatic N) is 2. The predicted octanol–water partition coefficient (Wildman–Crippen LogP) is 3.01. The molecule has 0 radical (unpaired) electrons. The van der Waals surface area contributed by atoms with Gasteiger partial charge in [0.25, 0.3) is 0 Å². The van der Waals surface area contributed by atoms with Crippen LogP contribution in [0.1, 0.15) is 68.4 Å². The van der Waals surface area contributed by atoms with Gasteiger partial charge in [-0.1, -0.05) is 24.3 Å². The molecule has 5 nitrogen and oxygen atoms in total. The normalized spacial score (nSPS) is 27.3. The molecule has 1 saturated carbocycles. The van der Waals surface area contributed by atoms with E-state index in [2.05, 4.69) is 24.3 Å². The van der Waals surface area contributed by atoms with Crippen molar-refractivity contribution in [3.8, 4) is 0 Å². The number of hydrogen-bond acceptors (Lipinski definition) is 3. The van der Waals surface area contributed by atoms with Gasteiger partial charge in [0.05, 0.1) is 5.25 Å². The van der Waals surface area contributed by atoms with E-state index in [-0.39, 0.29) is 16.6 Å². The smallest absolute Gasteiger partial charge is 0.223 e. The van der Waals surface area contributed by atoms with Crippen molar-refractivity contribution in [2.24, 2.45) is 0 Å². The molecule has 2 heterocycles. The Balaban J connectivity index is 1.34. The number of sulfonamides is 1. The number of carbonyl (C=O) groups excluding carboxylic acids is 1. The second-order valence-electron chi connectivity index (χ2n) is 9.20. The fraction of sp³-hybridized carbons (Fsp3) is 0.682. The monoisotopic (exact) mass is 402 g/mol. The third kappa shape index (κ3) is 3.09. The molecule has 5 rings (SSSR count). The van der Waals surface area contributed by atoms with Crippen LogP contribution < -0.4 is 0 Å². The fourth-order valence-corrected chi connectivity index (χ4v) is 7.58. The molecule has 28 heavy (non-hydrogen) atoms. The molecule has 1 aromatic rings. The Hall–Kier alpha value is -1.40. The highest BCUT2D eigenvalue weighted by atomic mass is 32.2. The van der Waals surface area contributed by atoms with Gasteiger partial charge >= 0.3 is 0 Å². The van der Waals surface area contributed by atoms with Gasteiger partial charge in [-0.05, 0) is 67.4 Å². The van der Waals surface area contributed by atoms with Crippen molar-refractivity contribution in [3.63, 3.8) is 0 Å². The molecule has 2 aliphatic carbocycles. The maximum atomic E-state index is 12.8. The zero-order valence-corrected chi connectivity index (χ0v) is 17.3. The van der Waals surface area contributed by atoms with Gasteiger partial charge in [0.1, 0.15) is 0 Å². The van der Waals surface area contributed by atoms with Crippen LogP contribution in [-0.4, -0.2) is 55.0 Å². The molecule has 1 spiro atoms. The van der Waals surface area contributed by atoms with E-state index in [9.17, 15) is 13.2 Å². The van der Waals surface area contributed by atoms with Crippen LogP contribution in [0.4, 0.5) is 0 Å². The summed E-state index contributed by atoms with van der Waals surface area (Å²) in [5, 5.41) is -0.122. The summed E-state index contributed by atoms with van der Waals surface area (Å²) in [6.45, 7) is 3.07. The number of likely N-dealkylation sites (tertiary alicyclic amines) is 1. The van der Waals surface area contributed by atoms with Crippen molar-refractivity contribution in [3.05, 3.63) is 35.4 Å². The molecule has 1 aromatic carbocycles. The molecule has 0 bridgehead atoms. The molecule has 3 fully saturated rings. The van der Waals surface area contributed by atoms with Crippen molar-refractivity contribution < 1.29 is 13.2 Å². The van der Waals surface area contributed by atoms with E-state index >= 15 is 0 Å². The number of fused-ring (bicyclic) bond motifs is 2. The zero-order chi connectivity index (χ0) is 19.4. The molecule has 1 amide bonds. The fourth-order valence-electron chi connectivity index (χ4n) is 5.73. The van der Waals surface area contributed by atoms with Crippen LogP contribution in [0.5, 0.6) is 0 Å². The van der Waals surface area contributed by atoms with E-state index in [1.54, 1.807) is 4.31 Å². The second kappa shape index (κ2) is 6.84. The molecule has 2 aliphatic heterocycles. The lowest BCUT2D eigenvalue weighted by Crippen LogP contribution is -2.45. The van der Waals surface area contributed by atoms with Crippen molar-refractivity contribution in [2.75, 3.05) is 26.2 Å². The summed E-state index contributed by atoms with van der Waals surface area (Å²) < 4.78 is 27.0. The van der Waals surface area contributed by atoms with E-state index in [1.165, 1.54) is 11.1 Å². The lowest BCUT2D eigenvalue weighted by molar-refractivity contribution is -0.130. The van der Waals surface area contributed by atoms with Crippen molar-refractivity contribution >= 4 is 15.9 Å². The van der Waals surface area contributed by atoms with Gasteiger partial charge in [0.15, 0.2) is 0 Å². The standard InChI is InChI=1S/C22H30N2O3S/c25-21(23-11-3-4-12-23)15-17-16-22(20-6-2-1-5-19(17)20)9-13-24(14-10-22)28(26,27)18-7-8-18/h1-2,5-6,17-18H,3-4,7-16H2. The number of benzene rings is 1. The summed E-state index contributed by atoms with van der Waals surface area (Å²) in [4.78, 5) is 14.8. The van der Waals surface area contributed by atoms with Crippen LogP contribution >= 0.6 is 0 Å². The van der Waals surface area contributed by atoms with E-state index in [0.29, 0.717) is 25.4 Å². The Morgan fingerprint density at radius 2 is 1.71 bits per heavy atom. The summed E-state index contributed by atoms with van der Waals surface area (Å²) in [5.41, 5.74) is 2.74. The molecule has 1 unspecified atom stereocenters. The summed E-state index contributed by atoms with van der Waals surface area (Å²) in [6.07, 6.45) is 7.26. The van der Waals surface area contributed by atoms with Crippen molar-refractivity contribution in [1.29, 1.82) is 0 Å². The Morgan fingerprint density at radius 1 is 1.04 bits per heavy atom. The quantitative estimate of drug-likeness (QED) is 0.778. The van der Waals surface area contributed by atoms with Gasteiger partial charge in [-0.2, -0.15) is 0 Å². The van der Waals surface area contributed by atoms with Crippen molar-refractivity contribution in [2.45, 2.75) is 67.9 Å². The van der Waals surface area contributed by atoms with Crippen LogP contribution in [0.3, 0.4) is 0 Å². The molecule has 6 heteroatoms. The Labute approximate surface area is 168 Å². The number of piperidine rings is 1. The number of amides is 1. The van der Waals surface area contributed by atoms with E-state index in [1.807, 2.05) is 4.90 Å². The Kier molecular flexibility index (Phi) is 4.55. The van der Waals surface area contributed by atoms with Gasteiger partial charge in [-0.3, -0.25) is 4.79 Å². The van der Waals surface area contributed by atoms with Crippen LogP contribution in [0.15, 0.2) is 24.3 Å². The first-order valence-electron chi connectivity index (χ1n) is 10.9. The molecule has 2 saturated heterocycles. The van der Waals surface area contributed by atoms with E-state index in [0.717, 1.165) is 58.0 Å². The summed E-state index contributed by atoms with van der Waals surface area (Å²) in [5.74, 6) is 0.569. The third-order valence-corrected chi connectivity index (χ3v) is 9.87. The number of rotatable bonds is 4. The maximum Gasteiger partial charge on any atom is 0.223 e. The SMILES string of the molecule is O=C(CC1CC2(CCN(S(=O)(=O)C3CC3)CC2)c2ccccc21)N1CCCC1. The Morgan fingerprint density at radius 3 is 2.39 bits per heavy atom. The minimum atomic E-state index is -3.08. The number of hydrogen-bond donors (Lipinski definition) is 0. The average Bonchev–Trinajstić information content (AvgIpc) is 3.35. The van der Waals surface area contributed by atoms with E-state index in [4.69, 9.17) is 0 Å². The third-order valence-electron chi connectivity index (χ3n) is 7.47. The summed E-state index contributed by atoms with van der Waals surface area (Å²) in [7, 11) is -3.08. The van der Waals surface area contributed by atoms with Gasteiger partial charge in [-0.15, -0.1) is 0 Å². The molecule has 0 N–H and O–H groups in total. The minimum Gasteiger partial charge on any atom is -0.343 e. The predicted molar refractivity (Wildman–Crippen MR) is 109 cm³/mol. The zero-order valence-electron chi connectivity index (χ0n) is 16.5. The number of carbonyl (C=O) groups is 1. The highest BCUT2D eigenvalue weighted by Gasteiger charge is 2.49. The van der Waals surface area contributed by atoms with Gasteiger partial charge in [-0.25, -0.2) is 12.7 Å². The van der Waals surface area contributed by atoms with Gasteiger partial charge < -0.3 is 4.90 Å². The maximum absolute atomic E-state index is 12.8. The topological polar surface area (TPSA) is 57.7 Å². The van der Waals surface area contributed by atoms with Crippen LogP contribution in [0.25, 0.3) is 0 Å². The Bertz CT molecular complexity index is 864. The molecular weight excluding hydrogens is 372 g/mol. The van der Waals surface area contributed by atoms with Crippen LogP contribution in [0.2, 0.25) is 0 Å². The largest absolute Gasteiger partial charge is 0.343 e. The van der Waals surface area contributed by atoms with Crippen LogP contribution in [0, 0.1) is 0 Å². The lowest BCUT2D eigenvalue weighted by atomic mass is 9.73. The van der Waals surface area contributed by atoms with Crippen LogP contribution in [-0.2, 0) is 20.2 Å². The molecule has 0 aromatic heterocycles. The molecular formula is C22H30N2O3S. The highest BCUT2D eigenvalue weighted by molar-refractivity contribution is 7.90. The van der Waals surface area contributed by atoms with Crippen molar-refractivity contribution in [1.82, 2.24) is 9.21 Å². The first kappa shape index (κ1) is 18.6. The van der Waals surface area contributed by atoms with Gasteiger partial charge in [0.2, 0.25) is 15.9 Å². The first-order valence-corrected chi connectivity index (χ1v) is 12.4. The summed E-state index contributed by atoms with van der Waals surface area (Å²) >= 11 is 0. The highest BCUT2D eigenvalue weighted by Crippen LogP contribution is 2.53. The van der Waals surface area contributed by atoms with Gasteiger partial charge in [0, 0.05) is 32.6 Å². The average molecular weight is 403 g/mol. The second-order valence-corrected chi connectivity index (χ2v) is 11.4. The lowest BCUT2D eigenvalue weighted by Gasteiger charge is -2.40. The molecule has 152 valence electrons. The first-order chi connectivity index (χ1) is 13.5. The minimum absolute atomic E-state index is 0.0438. The molecule has 4 aliphatic rings. The van der Waals surface area contributed by atoms with E-state index < -0.39 is 10.0 Å².